The standard InChI is InChI=1S/C25H27N3O3/c1-17(29)18-6-4-8-21(14-18)27-25(31)20-7-5-13-28(16-20)24(30)12-11-19-15-26-23-10-3-2-9-22(19)23/h2-4,6,8-10,14-15,20,26H,5,7,11-13,16H2,1H3,(H,27,31)/t20-/m1/s1. The summed E-state index contributed by atoms with van der Waals surface area (Å²) in [4.78, 5) is 42.2. The molecule has 0 unspecified atom stereocenters. The van der Waals surface area contributed by atoms with E-state index in [-0.39, 0.29) is 23.5 Å². The Bertz CT molecular complexity index is 1120. The highest BCUT2D eigenvalue weighted by molar-refractivity contribution is 5.97. The van der Waals surface area contributed by atoms with Crippen LogP contribution in [-0.4, -0.2) is 40.6 Å². The number of para-hydroxylation sites is 1. The van der Waals surface area contributed by atoms with Gasteiger partial charge in [-0.05, 0) is 49.9 Å². The molecule has 31 heavy (non-hydrogen) atoms. The molecule has 6 nitrogen and oxygen atoms in total. The second-order valence-electron chi connectivity index (χ2n) is 8.16. The molecule has 1 saturated heterocycles. The molecular formula is C25H27N3O3. The topological polar surface area (TPSA) is 82.3 Å². The largest absolute Gasteiger partial charge is 0.361 e. The molecule has 2 amide bonds. The van der Waals surface area contributed by atoms with Crippen LogP contribution in [0.25, 0.3) is 10.9 Å². The lowest BCUT2D eigenvalue weighted by atomic mass is 9.96. The van der Waals surface area contributed by atoms with E-state index in [0.717, 1.165) is 29.3 Å². The summed E-state index contributed by atoms with van der Waals surface area (Å²) >= 11 is 0. The van der Waals surface area contributed by atoms with Crippen LogP contribution in [0, 0.1) is 5.92 Å². The molecule has 2 aromatic carbocycles. The molecule has 1 aromatic heterocycles. The Morgan fingerprint density at radius 1 is 1.13 bits per heavy atom. The number of aromatic amines is 1. The molecule has 3 aromatic rings. The van der Waals surface area contributed by atoms with Crippen molar-refractivity contribution in [3.63, 3.8) is 0 Å². The van der Waals surface area contributed by atoms with Crippen LogP contribution in [0.4, 0.5) is 5.69 Å². The van der Waals surface area contributed by atoms with Crippen LogP contribution in [0.2, 0.25) is 0 Å². The van der Waals surface area contributed by atoms with Gasteiger partial charge >= 0.3 is 0 Å². The Morgan fingerprint density at radius 2 is 1.97 bits per heavy atom. The van der Waals surface area contributed by atoms with Crippen LogP contribution < -0.4 is 5.32 Å². The fourth-order valence-electron chi connectivity index (χ4n) is 4.22. The molecule has 4 rings (SSSR count). The zero-order chi connectivity index (χ0) is 21.8. The number of anilines is 1. The molecule has 2 N–H and O–H groups in total. The van der Waals surface area contributed by atoms with Gasteiger partial charge in [-0.3, -0.25) is 14.4 Å². The van der Waals surface area contributed by atoms with E-state index in [4.69, 9.17) is 0 Å². The summed E-state index contributed by atoms with van der Waals surface area (Å²) in [5, 5.41) is 4.06. The van der Waals surface area contributed by atoms with Gasteiger partial charge in [0.15, 0.2) is 5.78 Å². The lowest BCUT2D eigenvalue weighted by molar-refractivity contribution is -0.134. The van der Waals surface area contributed by atoms with Crippen LogP contribution in [-0.2, 0) is 16.0 Å². The third kappa shape index (κ3) is 4.85. The first kappa shape index (κ1) is 20.8. The van der Waals surface area contributed by atoms with Crippen molar-refractivity contribution >= 4 is 34.2 Å². The first-order valence-electron chi connectivity index (χ1n) is 10.8. The number of hydrogen-bond donors (Lipinski definition) is 2. The number of carbonyl (C=O) groups is 3. The van der Waals surface area contributed by atoms with Crippen molar-refractivity contribution in [2.45, 2.75) is 32.6 Å². The molecule has 0 spiro atoms. The van der Waals surface area contributed by atoms with Crippen molar-refractivity contribution in [1.82, 2.24) is 9.88 Å². The highest BCUT2D eigenvalue weighted by atomic mass is 16.2. The van der Waals surface area contributed by atoms with E-state index in [2.05, 4.69) is 16.4 Å². The molecule has 160 valence electrons. The van der Waals surface area contributed by atoms with Gasteiger partial charge in [0.1, 0.15) is 0 Å². The summed E-state index contributed by atoms with van der Waals surface area (Å²) in [5.74, 6) is -0.302. The number of carbonyl (C=O) groups excluding carboxylic acids is 3. The molecule has 1 aliphatic rings. The Labute approximate surface area is 181 Å². The monoisotopic (exact) mass is 417 g/mol. The summed E-state index contributed by atoms with van der Waals surface area (Å²) in [5.41, 5.74) is 3.39. The van der Waals surface area contributed by atoms with Crippen molar-refractivity contribution in [3.8, 4) is 0 Å². The highest BCUT2D eigenvalue weighted by Crippen LogP contribution is 2.22. The Kier molecular flexibility index (Phi) is 6.16. The van der Waals surface area contributed by atoms with Gasteiger partial charge in [0.05, 0.1) is 5.92 Å². The van der Waals surface area contributed by atoms with Gasteiger partial charge in [0.2, 0.25) is 11.8 Å². The van der Waals surface area contributed by atoms with Crippen LogP contribution in [0.15, 0.2) is 54.7 Å². The number of rotatable bonds is 6. The van der Waals surface area contributed by atoms with Crippen LogP contribution in [0.3, 0.4) is 0 Å². The summed E-state index contributed by atoms with van der Waals surface area (Å²) in [6, 6.07) is 15.0. The first-order valence-corrected chi connectivity index (χ1v) is 10.8. The molecular weight excluding hydrogens is 390 g/mol. The molecule has 1 aliphatic heterocycles. The maximum absolute atomic E-state index is 12.8. The van der Waals surface area contributed by atoms with E-state index < -0.39 is 0 Å². The van der Waals surface area contributed by atoms with Crippen LogP contribution in [0.5, 0.6) is 0 Å². The number of Topliss-reactive ketones (excluding diaryl/α,β-unsaturated/α-hetero) is 1. The number of ketones is 1. The van der Waals surface area contributed by atoms with Gasteiger partial charge in [-0.1, -0.05) is 30.3 Å². The number of fused-ring (bicyclic) bond motifs is 1. The third-order valence-electron chi connectivity index (χ3n) is 5.96. The maximum Gasteiger partial charge on any atom is 0.229 e. The SMILES string of the molecule is CC(=O)c1cccc(NC(=O)[C@@H]2CCCN(C(=O)CCc3c[nH]c4ccccc34)C2)c1. The normalized spacial score (nSPS) is 16.3. The summed E-state index contributed by atoms with van der Waals surface area (Å²) in [6.45, 7) is 2.63. The van der Waals surface area contributed by atoms with E-state index in [1.165, 1.54) is 6.92 Å². The third-order valence-corrected chi connectivity index (χ3v) is 5.96. The van der Waals surface area contributed by atoms with Gasteiger partial charge in [-0.25, -0.2) is 0 Å². The minimum Gasteiger partial charge on any atom is -0.361 e. The second-order valence-corrected chi connectivity index (χ2v) is 8.16. The number of likely N-dealkylation sites (tertiary alicyclic amines) is 1. The number of aromatic nitrogens is 1. The number of piperidine rings is 1. The van der Waals surface area contributed by atoms with E-state index >= 15 is 0 Å². The zero-order valence-corrected chi connectivity index (χ0v) is 17.7. The second kappa shape index (κ2) is 9.16. The quantitative estimate of drug-likeness (QED) is 0.590. The van der Waals surface area contributed by atoms with Crippen molar-refractivity contribution < 1.29 is 14.4 Å². The van der Waals surface area contributed by atoms with Gasteiger partial charge in [-0.15, -0.1) is 0 Å². The van der Waals surface area contributed by atoms with E-state index in [9.17, 15) is 14.4 Å². The Hall–Kier alpha value is -3.41. The van der Waals surface area contributed by atoms with Crippen molar-refractivity contribution in [3.05, 3.63) is 65.9 Å². The number of nitrogens with one attached hydrogen (secondary N) is 2. The van der Waals surface area contributed by atoms with E-state index in [1.54, 1.807) is 24.3 Å². The molecule has 1 atom stereocenters. The molecule has 1 fully saturated rings. The average molecular weight is 418 g/mol. The molecule has 2 heterocycles. The molecule has 0 saturated carbocycles. The van der Waals surface area contributed by atoms with Gasteiger partial charge < -0.3 is 15.2 Å². The number of amides is 2. The van der Waals surface area contributed by atoms with Crippen LogP contribution >= 0.6 is 0 Å². The molecule has 0 radical (unpaired) electrons. The average Bonchev–Trinajstić information content (AvgIpc) is 3.21. The number of aryl methyl sites for hydroxylation is 1. The Balaban J connectivity index is 1.34. The predicted octanol–water partition coefficient (Wildman–Crippen LogP) is 4.18. The minimum absolute atomic E-state index is 0.0410. The first-order chi connectivity index (χ1) is 15.0. The fraction of sp³-hybridized carbons (Fsp3) is 0.320. The van der Waals surface area contributed by atoms with E-state index in [0.29, 0.717) is 37.2 Å². The van der Waals surface area contributed by atoms with Crippen molar-refractivity contribution in [1.29, 1.82) is 0 Å². The number of benzene rings is 2. The lowest BCUT2D eigenvalue weighted by Gasteiger charge is -2.32. The molecule has 0 bridgehead atoms. The summed E-state index contributed by atoms with van der Waals surface area (Å²) in [6.07, 6.45) is 4.64. The van der Waals surface area contributed by atoms with Gasteiger partial charge in [0.25, 0.3) is 0 Å². The predicted molar refractivity (Wildman–Crippen MR) is 121 cm³/mol. The number of H-pyrrole nitrogens is 1. The van der Waals surface area contributed by atoms with Crippen LogP contribution in [0.1, 0.15) is 42.1 Å². The number of nitrogens with zero attached hydrogens (tertiary/aromatic N) is 1. The lowest BCUT2D eigenvalue weighted by Crippen LogP contribution is -2.43. The van der Waals surface area contributed by atoms with Gasteiger partial charge in [0, 0.05) is 47.9 Å². The molecule has 6 heteroatoms. The summed E-state index contributed by atoms with van der Waals surface area (Å²) in [7, 11) is 0. The molecule has 0 aliphatic carbocycles. The zero-order valence-electron chi connectivity index (χ0n) is 17.7. The fourth-order valence-corrected chi connectivity index (χ4v) is 4.22. The number of hydrogen-bond acceptors (Lipinski definition) is 3. The summed E-state index contributed by atoms with van der Waals surface area (Å²) < 4.78 is 0. The Morgan fingerprint density at radius 3 is 2.81 bits per heavy atom. The minimum atomic E-state index is -0.244. The van der Waals surface area contributed by atoms with Gasteiger partial charge in [-0.2, -0.15) is 0 Å². The van der Waals surface area contributed by atoms with Crippen molar-refractivity contribution in [2.24, 2.45) is 5.92 Å². The smallest absolute Gasteiger partial charge is 0.229 e. The highest BCUT2D eigenvalue weighted by Gasteiger charge is 2.28. The maximum atomic E-state index is 12.8. The van der Waals surface area contributed by atoms with E-state index in [1.807, 2.05) is 29.3 Å². The van der Waals surface area contributed by atoms with Crippen molar-refractivity contribution in [2.75, 3.05) is 18.4 Å².